The molecule has 3 aromatic rings. The number of nitrogens with zero attached hydrogens (tertiary/aromatic N) is 2. The quantitative estimate of drug-likeness (QED) is 0.529. The predicted octanol–water partition coefficient (Wildman–Crippen LogP) is 4.88. The number of benzene rings is 2. The summed E-state index contributed by atoms with van der Waals surface area (Å²) in [7, 11) is 0. The predicted molar refractivity (Wildman–Crippen MR) is 107 cm³/mol. The Morgan fingerprint density at radius 1 is 1.07 bits per heavy atom. The molecular formula is C21H20Cl2N2O2. The smallest absolute Gasteiger partial charge is 0.310 e. The number of halogens is 2. The highest BCUT2D eigenvalue weighted by Crippen LogP contribution is 2.28. The molecule has 0 atom stereocenters. The number of carbonyl (C=O) groups is 1. The molecular weight excluding hydrogens is 383 g/mol. The van der Waals surface area contributed by atoms with Crippen molar-refractivity contribution in [3.8, 4) is 0 Å². The Kier molecular flexibility index (Phi) is 6.54. The third-order valence-corrected chi connectivity index (χ3v) is 5.11. The van der Waals surface area contributed by atoms with Gasteiger partial charge in [-0.25, -0.2) is 4.98 Å². The van der Waals surface area contributed by atoms with Crippen molar-refractivity contribution in [3.05, 3.63) is 87.4 Å². The maximum Gasteiger partial charge on any atom is 0.310 e. The fourth-order valence-electron chi connectivity index (χ4n) is 2.88. The zero-order valence-corrected chi connectivity index (χ0v) is 16.5. The van der Waals surface area contributed by atoms with Gasteiger partial charge in [0.1, 0.15) is 6.61 Å². The first-order valence-corrected chi connectivity index (χ1v) is 9.42. The van der Waals surface area contributed by atoms with Gasteiger partial charge in [0.25, 0.3) is 0 Å². The molecule has 1 aromatic heterocycles. The zero-order chi connectivity index (χ0) is 19.2. The number of aryl methyl sites for hydroxylation is 1. The van der Waals surface area contributed by atoms with Crippen molar-refractivity contribution in [2.75, 3.05) is 6.61 Å². The molecule has 3 rings (SSSR count). The van der Waals surface area contributed by atoms with Gasteiger partial charge in [0.05, 0.1) is 19.3 Å². The third-order valence-electron chi connectivity index (χ3n) is 4.40. The first kappa shape index (κ1) is 19.5. The second-order valence-corrected chi connectivity index (χ2v) is 7.09. The maximum absolute atomic E-state index is 12.3. The van der Waals surface area contributed by atoms with Gasteiger partial charge in [0.2, 0.25) is 0 Å². The molecule has 27 heavy (non-hydrogen) atoms. The van der Waals surface area contributed by atoms with E-state index in [1.807, 2.05) is 54.0 Å². The van der Waals surface area contributed by atoms with E-state index in [9.17, 15) is 4.79 Å². The van der Waals surface area contributed by atoms with Gasteiger partial charge in [-0.15, -0.1) is 0 Å². The standard InChI is InChI=1S/C21H20Cl2N2O2/c1-15-13-24-14-25(15)9-10-27-21(26)12-17-6-3-2-5-16(17)11-18-19(22)7-4-8-20(18)23/h2-8,13-14H,9-12H2,1H3. The lowest BCUT2D eigenvalue weighted by Gasteiger charge is -2.12. The van der Waals surface area contributed by atoms with E-state index in [-0.39, 0.29) is 12.4 Å². The lowest BCUT2D eigenvalue weighted by atomic mass is 9.98. The molecule has 0 bridgehead atoms. The molecule has 0 amide bonds. The lowest BCUT2D eigenvalue weighted by molar-refractivity contribution is -0.143. The first-order chi connectivity index (χ1) is 13.0. The van der Waals surface area contributed by atoms with Crippen LogP contribution in [-0.2, 0) is 28.9 Å². The topological polar surface area (TPSA) is 44.1 Å². The van der Waals surface area contributed by atoms with Crippen molar-refractivity contribution in [1.82, 2.24) is 9.55 Å². The second kappa shape index (κ2) is 9.07. The number of hydrogen-bond donors (Lipinski definition) is 0. The summed E-state index contributed by atoms with van der Waals surface area (Å²) in [6.45, 7) is 2.87. The number of aromatic nitrogens is 2. The second-order valence-electron chi connectivity index (χ2n) is 6.27. The summed E-state index contributed by atoms with van der Waals surface area (Å²) in [5.74, 6) is -0.259. The highest BCUT2D eigenvalue weighted by molar-refractivity contribution is 6.36. The Bertz CT molecular complexity index is 917. The van der Waals surface area contributed by atoms with Crippen molar-refractivity contribution < 1.29 is 9.53 Å². The van der Waals surface area contributed by atoms with Gasteiger partial charge in [-0.05, 0) is 35.7 Å². The van der Waals surface area contributed by atoms with Crippen LogP contribution in [0.1, 0.15) is 22.4 Å². The Labute approximate surface area is 168 Å². The van der Waals surface area contributed by atoms with Crippen LogP contribution in [0, 0.1) is 6.92 Å². The highest BCUT2D eigenvalue weighted by Gasteiger charge is 2.12. The van der Waals surface area contributed by atoms with Gasteiger partial charge in [-0.1, -0.05) is 53.5 Å². The van der Waals surface area contributed by atoms with Gasteiger partial charge in [-0.3, -0.25) is 4.79 Å². The van der Waals surface area contributed by atoms with Gasteiger partial charge in [0, 0.05) is 28.4 Å². The summed E-state index contributed by atoms with van der Waals surface area (Å²) < 4.78 is 7.33. The van der Waals surface area contributed by atoms with E-state index in [2.05, 4.69) is 4.98 Å². The number of rotatable bonds is 7. The maximum atomic E-state index is 12.3. The molecule has 0 saturated carbocycles. The van der Waals surface area contributed by atoms with E-state index in [4.69, 9.17) is 27.9 Å². The molecule has 1 heterocycles. The minimum Gasteiger partial charge on any atom is -0.464 e. The van der Waals surface area contributed by atoms with Crippen LogP contribution in [0.25, 0.3) is 0 Å². The summed E-state index contributed by atoms with van der Waals surface area (Å²) in [5.41, 5.74) is 3.82. The molecule has 0 aliphatic rings. The van der Waals surface area contributed by atoms with Crippen LogP contribution < -0.4 is 0 Å². The van der Waals surface area contributed by atoms with Crippen LogP contribution >= 0.6 is 23.2 Å². The molecule has 0 fully saturated rings. The van der Waals surface area contributed by atoms with E-state index >= 15 is 0 Å². The summed E-state index contributed by atoms with van der Waals surface area (Å²) in [6, 6.07) is 13.2. The van der Waals surface area contributed by atoms with E-state index in [0.29, 0.717) is 29.6 Å². The molecule has 0 saturated heterocycles. The number of imidazole rings is 1. The average Bonchev–Trinajstić information content (AvgIpc) is 3.05. The van der Waals surface area contributed by atoms with Gasteiger partial charge >= 0.3 is 5.97 Å². The molecule has 0 unspecified atom stereocenters. The van der Waals surface area contributed by atoms with Crippen molar-refractivity contribution in [2.45, 2.75) is 26.3 Å². The molecule has 4 nitrogen and oxygen atoms in total. The molecule has 0 N–H and O–H groups in total. The first-order valence-electron chi connectivity index (χ1n) is 8.66. The highest BCUT2D eigenvalue weighted by atomic mass is 35.5. The minimum atomic E-state index is -0.259. The van der Waals surface area contributed by atoms with Crippen LogP contribution in [0.4, 0.5) is 0 Å². The monoisotopic (exact) mass is 402 g/mol. The van der Waals surface area contributed by atoms with Crippen molar-refractivity contribution in [1.29, 1.82) is 0 Å². The Morgan fingerprint density at radius 2 is 1.78 bits per heavy atom. The fourth-order valence-corrected chi connectivity index (χ4v) is 3.41. The number of hydrogen-bond acceptors (Lipinski definition) is 3. The third kappa shape index (κ3) is 5.12. The molecule has 0 radical (unpaired) electrons. The normalized spacial score (nSPS) is 10.8. The summed E-state index contributed by atoms with van der Waals surface area (Å²) >= 11 is 12.6. The molecule has 0 aliphatic carbocycles. The number of carbonyl (C=O) groups excluding carboxylic acids is 1. The summed E-state index contributed by atoms with van der Waals surface area (Å²) in [5, 5.41) is 1.24. The van der Waals surface area contributed by atoms with Crippen LogP contribution in [0.2, 0.25) is 10.0 Å². The lowest BCUT2D eigenvalue weighted by Crippen LogP contribution is -2.14. The average molecular weight is 403 g/mol. The molecule has 0 spiro atoms. The SMILES string of the molecule is Cc1cncn1CCOC(=O)Cc1ccccc1Cc1c(Cl)cccc1Cl. The number of ether oxygens (including phenoxy) is 1. The Morgan fingerprint density at radius 3 is 2.44 bits per heavy atom. The summed E-state index contributed by atoms with van der Waals surface area (Å²) in [6.07, 6.45) is 4.28. The molecule has 6 heteroatoms. The van der Waals surface area contributed by atoms with Crippen molar-refractivity contribution in [2.24, 2.45) is 0 Å². The number of esters is 1. The minimum absolute atomic E-state index is 0.209. The fraction of sp³-hybridized carbons (Fsp3) is 0.238. The Balaban J connectivity index is 1.63. The van der Waals surface area contributed by atoms with Gasteiger partial charge < -0.3 is 9.30 Å². The zero-order valence-electron chi connectivity index (χ0n) is 15.0. The van der Waals surface area contributed by atoms with E-state index in [0.717, 1.165) is 22.4 Å². The van der Waals surface area contributed by atoms with Crippen LogP contribution in [0.5, 0.6) is 0 Å². The Hall–Kier alpha value is -2.30. The van der Waals surface area contributed by atoms with Gasteiger partial charge in [0.15, 0.2) is 0 Å². The van der Waals surface area contributed by atoms with Crippen LogP contribution in [0.15, 0.2) is 55.0 Å². The van der Waals surface area contributed by atoms with Crippen molar-refractivity contribution in [3.63, 3.8) is 0 Å². The summed E-state index contributed by atoms with van der Waals surface area (Å²) in [4.78, 5) is 16.3. The molecule has 0 aliphatic heterocycles. The van der Waals surface area contributed by atoms with Crippen LogP contribution in [0.3, 0.4) is 0 Å². The largest absolute Gasteiger partial charge is 0.464 e. The van der Waals surface area contributed by atoms with E-state index in [1.54, 1.807) is 12.5 Å². The van der Waals surface area contributed by atoms with Crippen molar-refractivity contribution >= 4 is 29.2 Å². The van der Waals surface area contributed by atoms with E-state index < -0.39 is 0 Å². The van der Waals surface area contributed by atoms with Gasteiger partial charge in [-0.2, -0.15) is 0 Å². The van der Waals surface area contributed by atoms with Crippen LogP contribution in [-0.4, -0.2) is 22.1 Å². The van der Waals surface area contributed by atoms with E-state index in [1.165, 1.54) is 0 Å². The molecule has 140 valence electrons. The molecule has 2 aromatic carbocycles.